The minimum absolute atomic E-state index is 0.442. The number of hydrogen-bond donors (Lipinski definition) is 2. The molecule has 3 aromatic heterocycles. The average molecular weight is 534 g/mol. The number of aromatic nitrogens is 4. The van der Waals surface area contributed by atoms with E-state index < -0.39 is 0 Å². The van der Waals surface area contributed by atoms with Gasteiger partial charge in [-0.1, -0.05) is 61.0 Å². The maximum Gasteiger partial charge on any atom is 0.165 e. The Bertz CT molecular complexity index is 1580. The van der Waals surface area contributed by atoms with Crippen LogP contribution in [0.15, 0.2) is 97.0 Å². The van der Waals surface area contributed by atoms with Gasteiger partial charge in [0.15, 0.2) is 11.5 Å². The average Bonchev–Trinajstić information content (AvgIpc) is 3.36. The fourth-order valence-corrected chi connectivity index (χ4v) is 5.69. The molecule has 3 N–H and O–H groups in total. The molecule has 1 saturated heterocycles. The monoisotopic (exact) mass is 533 g/mol. The van der Waals surface area contributed by atoms with Crippen molar-refractivity contribution in [1.29, 1.82) is 0 Å². The molecule has 0 amide bonds. The SMILES string of the molecule is C=CSNC1CCCN(Cc2ccc(-n3c(-c4cccnc4N)nc4ccc(-c5ccccc5)nc43)cc2)C1. The van der Waals surface area contributed by atoms with Crippen LogP contribution in [0.25, 0.3) is 39.5 Å². The predicted octanol–water partition coefficient (Wildman–Crippen LogP) is 6.08. The van der Waals surface area contributed by atoms with Gasteiger partial charge < -0.3 is 5.73 Å². The molecule has 8 heteroatoms. The van der Waals surface area contributed by atoms with E-state index in [1.165, 1.54) is 18.4 Å². The first-order chi connectivity index (χ1) is 19.2. The Labute approximate surface area is 232 Å². The van der Waals surface area contributed by atoms with Crippen LogP contribution in [0.4, 0.5) is 5.82 Å². The second-order valence-corrected chi connectivity index (χ2v) is 10.6. The van der Waals surface area contributed by atoms with Crippen LogP contribution in [0.2, 0.25) is 0 Å². The van der Waals surface area contributed by atoms with E-state index >= 15 is 0 Å². The Kier molecular flexibility index (Phi) is 7.40. The lowest BCUT2D eigenvalue weighted by Crippen LogP contribution is -2.42. The molecule has 1 unspecified atom stereocenters. The van der Waals surface area contributed by atoms with Crippen molar-refractivity contribution in [2.45, 2.75) is 25.4 Å². The molecule has 5 aromatic rings. The number of rotatable bonds is 8. The van der Waals surface area contributed by atoms with Crippen molar-refractivity contribution < 1.29 is 0 Å². The van der Waals surface area contributed by atoms with Gasteiger partial charge in [0.2, 0.25) is 0 Å². The third-order valence-corrected chi connectivity index (χ3v) is 7.71. The third kappa shape index (κ3) is 5.45. The van der Waals surface area contributed by atoms with Gasteiger partial charge in [-0.2, -0.15) is 0 Å². The molecule has 7 nitrogen and oxygen atoms in total. The molecular weight excluding hydrogens is 502 g/mol. The van der Waals surface area contributed by atoms with Crippen LogP contribution in [0, 0.1) is 0 Å². The summed E-state index contributed by atoms with van der Waals surface area (Å²) in [5.74, 6) is 1.17. The number of nitrogens with one attached hydrogen (secondary N) is 1. The summed E-state index contributed by atoms with van der Waals surface area (Å²) in [4.78, 5) is 16.9. The third-order valence-electron chi connectivity index (χ3n) is 7.08. The lowest BCUT2D eigenvalue weighted by molar-refractivity contribution is 0.196. The summed E-state index contributed by atoms with van der Waals surface area (Å²) in [7, 11) is 0. The van der Waals surface area contributed by atoms with Crippen molar-refractivity contribution in [1.82, 2.24) is 29.1 Å². The van der Waals surface area contributed by atoms with Gasteiger partial charge in [0.05, 0.1) is 11.3 Å². The van der Waals surface area contributed by atoms with Gasteiger partial charge in [-0.05, 0) is 66.8 Å². The van der Waals surface area contributed by atoms with E-state index in [0.29, 0.717) is 11.9 Å². The molecule has 1 aliphatic heterocycles. The Hall–Kier alpha value is -3.98. The summed E-state index contributed by atoms with van der Waals surface area (Å²) in [6.07, 6.45) is 4.09. The van der Waals surface area contributed by atoms with E-state index in [0.717, 1.165) is 59.1 Å². The molecular formula is C31H31N7S. The van der Waals surface area contributed by atoms with Gasteiger partial charge in [-0.3, -0.25) is 14.2 Å². The molecule has 1 fully saturated rings. The van der Waals surface area contributed by atoms with Crippen LogP contribution in [0.5, 0.6) is 0 Å². The number of anilines is 1. The molecule has 0 aliphatic carbocycles. The van der Waals surface area contributed by atoms with E-state index in [9.17, 15) is 0 Å². The summed E-state index contributed by atoms with van der Waals surface area (Å²) in [5.41, 5.74) is 12.9. The number of imidazole rings is 1. The minimum Gasteiger partial charge on any atom is -0.383 e. The lowest BCUT2D eigenvalue weighted by atomic mass is 10.1. The van der Waals surface area contributed by atoms with E-state index in [1.54, 1.807) is 18.1 Å². The molecule has 2 aromatic carbocycles. The molecule has 196 valence electrons. The Morgan fingerprint density at radius 1 is 1.00 bits per heavy atom. The van der Waals surface area contributed by atoms with Crippen LogP contribution < -0.4 is 10.5 Å². The summed E-state index contributed by atoms with van der Waals surface area (Å²) >= 11 is 1.58. The first-order valence-corrected chi connectivity index (χ1v) is 14.1. The smallest absolute Gasteiger partial charge is 0.165 e. The lowest BCUT2D eigenvalue weighted by Gasteiger charge is -2.32. The number of pyridine rings is 2. The first kappa shape index (κ1) is 25.3. The van der Waals surface area contributed by atoms with Gasteiger partial charge >= 0.3 is 0 Å². The van der Waals surface area contributed by atoms with Gasteiger partial charge in [-0.25, -0.2) is 15.0 Å². The number of nitrogen functional groups attached to an aromatic ring is 1. The number of benzene rings is 2. The largest absolute Gasteiger partial charge is 0.383 e. The van der Waals surface area contributed by atoms with Gasteiger partial charge in [0.1, 0.15) is 11.3 Å². The fourth-order valence-electron chi connectivity index (χ4n) is 5.21. The predicted molar refractivity (Wildman–Crippen MR) is 161 cm³/mol. The summed E-state index contributed by atoms with van der Waals surface area (Å²) in [6.45, 7) is 6.86. The number of piperidine rings is 1. The number of likely N-dealkylation sites (tertiary alicyclic amines) is 1. The Morgan fingerprint density at radius 2 is 1.85 bits per heavy atom. The van der Waals surface area contributed by atoms with E-state index in [4.69, 9.17) is 15.7 Å². The molecule has 39 heavy (non-hydrogen) atoms. The number of nitrogens with two attached hydrogens (primary N) is 1. The van der Waals surface area contributed by atoms with Crippen LogP contribution in [-0.4, -0.2) is 43.6 Å². The first-order valence-electron chi connectivity index (χ1n) is 13.2. The second-order valence-electron chi connectivity index (χ2n) is 9.76. The van der Waals surface area contributed by atoms with E-state index in [2.05, 4.69) is 62.2 Å². The highest BCUT2D eigenvalue weighted by atomic mass is 32.2. The second kappa shape index (κ2) is 11.4. The normalized spacial score (nSPS) is 15.9. The van der Waals surface area contributed by atoms with Crippen molar-refractivity contribution in [3.8, 4) is 28.3 Å². The number of fused-ring (bicyclic) bond motifs is 1. The summed E-state index contributed by atoms with van der Waals surface area (Å²) in [6, 6.07) is 27.3. The zero-order valence-electron chi connectivity index (χ0n) is 21.7. The van der Waals surface area contributed by atoms with Crippen molar-refractivity contribution in [2.24, 2.45) is 0 Å². The summed E-state index contributed by atoms with van der Waals surface area (Å²) in [5, 5.41) is 1.85. The van der Waals surface area contributed by atoms with Crippen LogP contribution in [0.1, 0.15) is 18.4 Å². The van der Waals surface area contributed by atoms with Crippen molar-refractivity contribution in [3.63, 3.8) is 0 Å². The highest BCUT2D eigenvalue weighted by molar-refractivity contribution is 8.00. The van der Waals surface area contributed by atoms with E-state index in [1.807, 2.05) is 47.9 Å². The quantitative estimate of drug-likeness (QED) is 0.234. The zero-order valence-corrected chi connectivity index (χ0v) is 22.5. The van der Waals surface area contributed by atoms with Gasteiger partial charge in [0, 0.05) is 36.6 Å². The molecule has 6 rings (SSSR count). The van der Waals surface area contributed by atoms with Crippen LogP contribution >= 0.6 is 11.9 Å². The van der Waals surface area contributed by atoms with Crippen molar-refractivity contribution in [2.75, 3.05) is 18.8 Å². The number of hydrogen-bond acceptors (Lipinski definition) is 7. The van der Waals surface area contributed by atoms with Crippen LogP contribution in [0.3, 0.4) is 0 Å². The maximum absolute atomic E-state index is 6.31. The molecule has 1 atom stereocenters. The fraction of sp³-hybridized carbons (Fsp3) is 0.194. The molecule has 0 bridgehead atoms. The Morgan fingerprint density at radius 3 is 2.64 bits per heavy atom. The van der Waals surface area contributed by atoms with Gasteiger partial charge in [0.25, 0.3) is 0 Å². The maximum atomic E-state index is 6.31. The molecule has 1 aliphatic rings. The Balaban J connectivity index is 1.36. The molecule has 0 spiro atoms. The summed E-state index contributed by atoms with van der Waals surface area (Å²) < 4.78 is 5.59. The minimum atomic E-state index is 0.442. The molecule has 0 saturated carbocycles. The molecule has 0 radical (unpaired) electrons. The number of nitrogens with zero attached hydrogens (tertiary/aromatic N) is 5. The van der Waals surface area contributed by atoms with Gasteiger partial charge in [-0.15, -0.1) is 0 Å². The van der Waals surface area contributed by atoms with Crippen molar-refractivity contribution in [3.05, 3.63) is 103 Å². The van der Waals surface area contributed by atoms with E-state index in [-0.39, 0.29) is 0 Å². The topological polar surface area (TPSA) is 84.9 Å². The zero-order chi connectivity index (χ0) is 26.6. The standard InChI is InChI=1S/C31H31N7S/c1-2-39-36-24-10-7-19-37(21-24)20-22-12-14-25(15-13-22)38-30(26-11-6-18-33-29(26)32)35-28-17-16-27(34-31(28)38)23-8-4-3-5-9-23/h2-6,8-9,11-18,24,36H,1,7,10,19-21H2,(H2,32,33). The highest BCUT2D eigenvalue weighted by Gasteiger charge is 2.21. The molecule has 4 heterocycles. The van der Waals surface area contributed by atoms with Crippen molar-refractivity contribution >= 4 is 28.9 Å². The van der Waals surface area contributed by atoms with Crippen LogP contribution in [-0.2, 0) is 6.54 Å². The highest BCUT2D eigenvalue weighted by Crippen LogP contribution is 2.32.